The Bertz CT molecular complexity index is 144. The van der Waals surface area contributed by atoms with Crippen molar-refractivity contribution in [2.24, 2.45) is 5.92 Å². The van der Waals surface area contributed by atoms with Crippen LogP contribution in [0.3, 0.4) is 0 Å². The van der Waals surface area contributed by atoms with Gasteiger partial charge in [0, 0.05) is 25.4 Å². The van der Waals surface area contributed by atoms with E-state index in [0.717, 1.165) is 32.5 Å². The lowest BCUT2D eigenvalue weighted by Crippen LogP contribution is -2.31. The fraction of sp³-hybridized carbons (Fsp3) is 0.857. The van der Waals surface area contributed by atoms with E-state index in [4.69, 9.17) is 0 Å². The number of carbonyl (C=O) groups excluding carboxylic acids is 1. The zero-order valence-electron chi connectivity index (χ0n) is 5.47. The maximum absolute atomic E-state index is 11.0. The molecule has 0 amide bonds. The van der Waals surface area contributed by atoms with E-state index in [1.54, 1.807) is 0 Å². The second-order valence-electron chi connectivity index (χ2n) is 3.00. The van der Waals surface area contributed by atoms with Gasteiger partial charge in [-0.25, -0.2) is 0 Å². The van der Waals surface area contributed by atoms with Crippen molar-refractivity contribution in [1.82, 2.24) is 4.90 Å². The summed E-state index contributed by atoms with van der Waals surface area (Å²) in [6, 6.07) is 0. The second kappa shape index (κ2) is 1.81. The van der Waals surface area contributed by atoms with Crippen molar-refractivity contribution < 1.29 is 4.79 Å². The SMILES string of the molecule is O=C1CCN2CC[C@@H]1C2. The number of hydrogen-bond donors (Lipinski definition) is 0. The number of Topliss-reactive ketones (excluding diaryl/α,β-unsaturated/α-hetero) is 1. The minimum atomic E-state index is 0.416. The van der Waals surface area contributed by atoms with E-state index in [9.17, 15) is 4.79 Å². The number of rotatable bonds is 0. The van der Waals surface area contributed by atoms with Crippen molar-refractivity contribution in [3.63, 3.8) is 0 Å². The van der Waals surface area contributed by atoms with Crippen LogP contribution in [0.25, 0.3) is 0 Å². The van der Waals surface area contributed by atoms with Gasteiger partial charge in [0.2, 0.25) is 0 Å². The van der Waals surface area contributed by atoms with Gasteiger partial charge in [-0.05, 0) is 13.0 Å². The van der Waals surface area contributed by atoms with Crippen LogP contribution in [0.15, 0.2) is 0 Å². The highest BCUT2D eigenvalue weighted by Gasteiger charge is 2.32. The molecule has 2 heteroatoms. The predicted molar refractivity (Wildman–Crippen MR) is 34.2 cm³/mol. The number of piperidine rings is 1. The van der Waals surface area contributed by atoms with Crippen LogP contribution in [-0.4, -0.2) is 30.3 Å². The van der Waals surface area contributed by atoms with E-state index in [0.29, 0.717) is 11.7 Å². The lowest BCUT2D eigenvalue weighted by molar-refractivity contribution is -0.124. The van der Waals surface area contributed by atoms with Gasteiger partial charge in [0.25, 0.3) is 0 Å². The quantitative estimate of drug-likeness (QED) is 0.463. The molecule has 0 aromatic rings. The third-order valence-electron chi connectivity index (χ3n) is 2.40. The average molecular weight is 125 g/mol. The lowest BCUT2D eigenvalue weighted by Gasteiger charge is -2.19. The van der Waals surface area contributed by atoms with E-state index in [1.165, 1.54) is 0 Å². The summed E-state index contributed by atoms with van der Waals surface area (Å²) in [7, 11) is 0. The van der Waals surface area contributed by atoms with Gasteiger partial charge in [-0.15, -0.1) is 0 Å². The number of fused-ring (bicyclic) bond motifs is 2. The van der Waals surface area contributed by atoms with Gasteiger partial charge >= 0.3 is 0 Å². The summed E-state index contributed by atoms with van der Waals surface area (Å²) in [4.78, 5) is 13.4. The standard InChI is InChI=1S/C7H11NO/c9-7-2-4-8-3-1-6(7)5-8/h6H,1-5H2/t6-/m1/s1. The third-order valence-corrected chi connectivity index (χ3v) is 2.40. The average Bonchev–Trinajstić information content (AvgIpc) is 2.25. The molecule has 0 aliphatic carbocycles. The van der Waals surface area contributed by atoms with Crippen molar-refractivity contribution in [3.05, 3.63) is 0 Å². The summed E-state index contributed by atoms with van der Waals surface area (Å²) < 4.78 is 0. The van der Waals surface area contributed by atoms with E-state index < -0.39 is 0 Å². The molecule has 2 nitrogen and oxygen atoms in total. The Labute approximate surface area is 54.8 Å². The Morgan fingerprint density at radius 3 is 3.11 bits per heavy atom. The molecule has 0 aromatic heterocycles. The molecule has 2 rings (SSSR count). The minimum Gasteiger partial charge on any atom is -0.302 e. The molecule has 2 saturated heterocycles. The van der Waals surface area contributed by atoms with Crippen molar-refractivity contribution in [2.45, 2.75) is 12.8 Å². The number of carbonyl (C=O) groups is 1. The van der Waals surface area contributed by atoms with Gasteiger partial charge in [-0.2, -0.15) is 0 Å². The molecule has 2 atom stereocenters. The van der Waals surface area contributed by atoms with Crippen LogP contribution in [0.1, 0.15) is 12.8 Å². The Balaban J connectivity index is 2.14. The van der Waals surface area contributed by atoms with Crippen LogP contribution in [0.2, 0.25) is 0 Å². The Kier molecular flexibility index (Phi) is 1.09. The highest BCUT2D eigenvalue weighted by molar-refractivity contribution is 5.82. The second-order valence-corrected chi connectivity index (χ2v) is 3.00. The summed E-state index contributed by atoms with van der Waals surface area (Å²) in [5.74, 6) is 0.919. The third kappa shape index (κ3) is 0.778. The normalized spacial score (nSPS) is 41.6. The first kappa shape index (κ1) is 5.42. The van der Waals surface area contributed by atoms with E-state index in [1.807, 2.05) is 0 Å². The monoisotopic (exact) mass is 125 g/mol. The molecule has 2 heterocycles. The zero-order valence-corrected chi connectivity index (χ0v) is 5.47. The van der Waals surface area contributed by atoms with Gasteiger partial charge in [0.15, 0.2) is 0 Å². The van der Waals surface area contributed by atoms with Gasteiger partial charge in [0.1, 0.15) is 5.78 Å². The molecule has 2 aliphatic heterocycles. The molecule has 50 valence electrons. The number of hydrogen-bond acceptors (Lipinski definition) is 2. The van der Waals surface area contributed by atoms with E-state index in [2.05, 4.69) is 4.90 Å². The zero-order chi connectivity index (χ0) is 6.27. The van der Waals surface area contributed by atoms with Crippen molar-refractivity contribution in [2.75, 3.05) is 19.6 Å². The summed E-state index contributed by atoms with van der Waals surface area (Å²) >= 11 is 0. The highest BCUT2D eigenvalue weighted by atomic mass is 16.1. The van der Waals surface area contributed by atoms with Crippen LogP contribution < -0.4 is 0 Å². The number of ketones is 1. The first-order chi connectivity index (χ1) is 4.36. The van der Waals surface area contributed by atoms with Crippen LogP contribution in [0, 0.1) is 5.92 Å². The minimum absolute atomic E-state index is 0.416. The molecular formula is C7H11NO. The molecular weight excluding hydrogens is 114 g/mol. The van der Waals surface area contributed by atoms with Crippen LogP contribution >= 0.6 is 0 Å². The predicted octanol–water partition coefficient (Wildman–Crippen LogP) is 0.281. The summed E-state index contributed by atoms with van der Waals surface area (Å²) in [5, 5.41) is 0. The molecule has 9 heavy (non-hydrogen) atoms. The Hall–Kier alpha value is -0.370. The van der Waals surface area contributed by atoms with Gasteiger partial charge in [-0.1, -0.05) is 0 Å². The van der Waals surface area contributed by atoms with E-state index >= 15 is 0 Å². The van der Waals surface area contributed by atoms with Crippen LogP contribution in [-0.2, 0) is 4.79 Å². The molecule has 2 aliphatic rings. The lowest BCUT2D eigenvalue weighted by atomic mass is 9.99. The summed E-state index contributed by atoms with van der Waals surface area (Å²) in [6.07, 6.45) is 1.93. The van der Waals surface area contributed by atoms with Crippen molar-refractivity contribution in [1.29, 1.82) is 0 Å². The van der Waals surface area contributed by atoms with Gasteiger partial charge in [0.05, 0.1) is 0 Å². The Morgan fingerprint density at radius 1 is 1.44 bits per heavy atom. The van der Waals surface area contributed by atoms with Crippen LogP contribution in [0.5, 0.6) is 0 Å². The van der Waals surface area contributed by atoms with Crippen LogP contribution in [0.4, 0.5) is 0 Å². The van der Waals surface area contributed by atoms with Crippen molar-refractivity contribution >= 4 is 5.78 Å². The Morgan fingerprint density at radius 2 is 2.33 bits per heavy atom. The molecule has 0 N–H and O–H groups in total. The molecule has 0 aromatic carbocycles. The van der Waals surface area contributed by atoms with Gasteiger partial charge in [-0.3, -0.25) is 4.79 Å². The summed E-state index contributed by atoms with van der Waals surface area (Å²) in [6.45, 7) is 3.24. The fourth-order valence-corrected chi connectivity index (χ4v) is 1.77. The molecule has 2 bridgehead atoms. The maximum Gasteiger partial charge on any atom is 0.138 e. The van der Waals surface area contributed by atoms with Crippen molar-refractivity contribution in [3.8, 4) is 0 Å². The fourth-order valence-electron chi connectivity index (χ4n) is 1.77. The molecule has 0 saturated carbocycles. The highest BCUT2D eigenvalue weighted by Crippen LogP contribution is 2.23. The summed E-state index contributed by atoms with van der Waals surface area (Å²) in [5.41, 5.74) is 0. The molecule has 1 unspecified atom stereocenters. The molecule has 0 spiro atoms. The first-order valence-corrected chi connectivity index (χ1v) is 3.61. The molecule has 2 fully saturated rings. The number of nitrogens with zero attached hydrogens (tertiary/aromatic N) is 1. The topological polar surface area (TPSA) is 20.3 Å². The van der Waals surface area contributed by atoms with E-state index in [-0.39, 0.29) is 0 Å². The van der Waals surface area contributed by atoms with Gasteiger partial charge < -0.3 is 4.90 Å². The first-order valence-electron chi connectivity index (χ1n) is 3.61. The maximum atomic E-state index is 11.0. The molecule has 0 radical (unpaired) electrons. The largest absolute Gasteiger partial charge is 0.302 e. The smallest absolute Gasteiger partial charge is 0.138 e.